The van der Waals surface area contributed by atoms with E-state index in [0.717, 1.165) is 58.3 Å². The van der Waals surface area contributed by atoms with Crippen LogP contribution in [0.25, 0.3) is 0 Å². The Labute approximate surface area is 156 Å². The Morgan fingerprint density at radius 2 is 1.69 bits per heavy atom. The monoisotopic (exact) mass is 357 g/mol. The number of nitrogens with zero attached hydrogens (tertiary/aromatic N) is 2. The molecule has 2 aliphatic rings. The molecule has 0 saturated carbocycles. The summed E-state index contributed by atoms with van der Waals surface area (Å²) in [6.45, 7) is 5.00. The van der Waals surface area contributed by atoms with E-state index in [9.17, 15) is 9.59 Å². The summed E-state index contributed by atoms with van der Waals surface area (Å²) in [5.74, 6) is 0.335. The van der Waals surface area contributed by atoms with Gasteiger partial charge in [0.1, 0.15) is 0 Å². The van der Waals surface area contributed by atoms with Gasteiger partial charge in [-0.2, -0.15) is 0 Å². The molecule has 142 valence electrons. The third-order valence-corrected chi connectivity index (χ3v) is 5.97. The van der Waals surface area contributed by atoms with Gasteiger partial charge in [-0.1, -0.05) is 30.3 Å². The van der Waals surface area contributed by atoms with Crippen LogP contribution < -0.4 is 5.32 Å². The molecule has 1 aromatic rings. The molecule has 1 aromatic carbocycles. The molecule has 2 fully saturated rings. The summed E-state index contributed by atoms with van der Waals surface area (Å²) in [5, 5.41) is 2.99. The quantitative estimate of drug-likeness (QED) is 0.897. The molecule has 0 aromatic heterocycles. The second kappa shape index (κ2) is 8.21. The largest absolute Gasteiger partial charge is 0.353 e. The second-order valence-corrected chi connectivity index (χ2v) is 8.01. The number of carbonyl (C=O) groups is 2. The first-order chi connectivity index (χ1) is 12.5. The first-order valence-electron chi connectivity index (χ1n) is 9.77. The highest BCUT2D eigenvalue weighted by Gasteiger charge is 2.43. The first-order valence-corrected chi connectivity index (χ1v) is 9.77. The molecule has 0 aliphatic carbocycles. The topological polar surface area (TPSA) is 52.7 Å². The fourth-order valence-corrected chi connectivity index (χ4v) is 4.35. The van der Waals surface area contributed by atoms with Crippen LogP contribution in [0, 0.1) is 5.41 Å². The van der Waals surface area contributed by atoms with Crippen molar-refractivity contribution in [2.45, 2.75) is 45.1 Å². The Kier molecular flexibility index (Phi) is 5.97. The Morgan fingerprint density at radius 3 is 2.27 bits per heavy atom. The zero-order valence-corrected chi connectivity index (χ0v) is 16.0. The van der Waals surface area contributed by atoms with Gasteiger partial charge in [0.25, 0.3) is 0 Å². The predicted octanol–water partition coefficient (Wildman–Crippen LogP) is 2.07. The highest BCUT2D eigenvalue weighted by atomic mass is 16.2. The van der Waals surface area contributed by atoms with Crippen molar-refractivity contribution in [3.63, 3.8) is 0 Å². The van der Waals surface area contributed by atoms with Crippen molar-refractivity contribution in [3.8, 4) is 0 Å². The molecule has 1 N–H and O–H groups in total. The number of benzene rings is 1. The van der Waals surface area contributed by atoms with E-state index in [4.69, 9.17) is 0 Å². The molecule has 0 spiro atoms. The predicted molar refractivity (Wildman–Crippen MR) is 103 cm³/mol. The summed E-state index contributed by atoms with van der Waals surface area (Å²) in [6.07, 6.45) is 4.37. The molecule has 5 heteroatoms. The maximum absolute atomic E-state index is 13.5. The molecule has 26 heavy (non-hydrogen) atoms. The van der Waals surface area contributed by atoms with Gasteiger partial charge in [0.15, 0.2) is 0 Å². The molecular formula is C21H31N3O2. The molecule has 0 unspecified atom stereocenters. The average Bonchev–Trinajstić information content (AvgIpc) is 2.64. The summed E-state index contributed by atoms with van der Waals surface area (Å²) in [7, 11) is 2.13. The Bertz CT molecular complexity index is 615. The van der Waals surface area contributed by atoms with Crippen LogP contribution >= 0.6 is 0 Å². The van der Waals surface area contributed by atoms with E-state index >= 15 is 0 Å². The Morgan fingerprint density at radius 1 is 1.08 bits per heavy atom. The number of likely N-dealkylation sites (tertiary alicyclic amines) is 2. The first kappa shape index (κ1) is 18.9. The van der Waals surface area contributed by atoms with Crippen LogP contribution in [0.1, 0.15) is 38.2 Å². The molecule has 2 aliphatic heterocycles. The van der Waals surface area contributed by atoms with Gasteiger partial charge in [0.05, 0.1) is 5.41 Å². The number of piperidine rings is 2. The van der Waals surface area contributed by atoms with E-state index in [2.05, 4.69) is 41.5 Å². The molecule has 2 amide bonds. The smallest absolute Gasteiger partial charge is 0.229 e. The lowest BCUT2D eigenvalue weighted by atomic mass is 9.72. The number of amides is 2. The maximum Gasteiger partial charge on any atom is 0.229 e. The van der Waals surface area contributed by atoms with Crippen molar-refractivity contribution in [3.05, 3.63) is 35.9 Å². The molecular weight excluding hydrogens is 326 g/mol. The van der Waals surface area contributed by atoms with Crippen molar-refractivity contribution in [2.24, 2.45) is 5.41 Å². The molecule has 0 atom stereocenters. The van der Waals surface area contributed by atoms with Crippen LogP contribution in [-0.2, 0) is 16.0 Å². The minimum atomic E-state index is -0.283. The van der Waals surface area contributed by atoms with E-state index in [-0.39, 0.29) is 17.4 Å². The van der Waals surface area contributed by atoms with Gasteiger partial charge < -0.3 is 15.1 Å². The molecule has 2 heterocycles. The third kappa shape index (κ3) is 4.44. The van der Waals surface area contributed by atoms with E-state index in [1.165, 1.54) is 5.56 Å². The number of hydrogen-bond donors (Lipinski definition) is 1. The highest BCUT2D eigenvalue weighted by Crippen LogP contribution is 2.37. The second-order valence-electron chi connectivity index (χ2n) is 8.01. The summed E-state index contributed by atoms with van der Waals surface area (Å²) in [6, 6.07) is 10.6. The minimum Gasteiger partial charge on any atom is -0.353 e. The van der Waals surface area contributed by atoms with Gasteiger partial charge in [-0.15, -0.1) is 0 Å². The molecule has 0 bridgehead atoms. The number of nitrogens with one attached hydrogen (secondary N) is 1. The fraction of sp³-hybridized carbons (Fsp3) is 0.619. The van der Waals surface area contributed by atoms with Gasteiger partial charge in [0.2, 0.25) is 11.8 Å². The lowest BCUT2D eigenvalue weighted by molar-refractivity contribution is -0.146. The normalized spacial score (nSPS) is 21.4. The van der Waals surface area contributed by atoms with Crippen LogP contribution in [0.3, 0.4) is 0 Å². The molecule has 5 nitrogen and oxygen atoms in total. The van der Waals surface area contributed by atoms with E-state index in [1.54, 1.807) is 6.92 Å². The van der Waals surface area contributed by atoms with Crippen molar-refractivity contribution < 1.29 is 9.59 Å². The summed E-state index contributed by atoms with van der Waals surface area (Å²) in [4.78, 5) is 29.2. The number of carbonyl (C=O) groups excluding carboxylic acids is 2. The van der Waals surface area contributed by atoms with Crippen molar-refractivity contribution in [1.82, 2.24) is 15.1 Å². The van der Waals surface area contributed by atoms with E-state index in [0.29, 0.717) is 5.91 Å². The van der Waals surface area contributed by atoms with Crippen LogP contribution in [0.15, 0.2) is 30.3 Å². The van der Waals surface area contributed by atoms with Crippen molar-refractivity contribution >= 4 is 11.8 Å². The number of hydrogen-bond acceptors (Lipinski definition) is 3. The lowest BCUT2D eigenvalue weighted by Crippen LogP contribution is -2.54. The SMILES string of the molecule is CC(=O)NC1CCN(C(=O)C2(Cc3ccccc3)CCN(C)CC2)CC1. The highest BCUT2D eigenvalue weighted by molar-refractivity contribution is 5.83. The van der Waals surface area contributed by atoms with Gasteiger partial charge in [-0.05, 0) is 57.8 Å². The van der Waals surface area contributed by atoms with Crippen molar-refractivity contribution in [1.29, 1.82) is 0 Å². The maximum atomic E-state index is 13.5. The zero-order chi connectivity index (χ0) is 18.6. The Balaban J connectivity index is 1.70. The molecule has 3 rings (SSSR count). The van der Waals surface area contributed by atoms with Gasteiger partial charge in [0, 0.05) is 26.1 Å². The fourth-order valence-electron chi connectivity index (χ4n) is 4.35. The minimum absolute atomic E-state index is 0.0191. The summed E-state index contributed by atoms with van der Waals surface area (Å²) in [5.41, 5.74) is 0.966. The zero-order valence-electron chi connectivity index (χ0n) is 16.0. The van der Waals surface area contributed by atoms with Crippen molar-refractivity contribution in [2.75, 3.05) is 33.2 Å². The number of rotatable bonds is 4. The summed E-state index contributed by atoms with van der Waals surface area (Å²) >= 11 is 0. The van der Waals surface area contributed by atoms with E-state index < -0.39 is 0 Å². The van der Waals surface area contributed by atoms with Crippen LogP contribution in [0.4, 0.5) is 0 Å². The van der Waals surface area contributed by atoms with Gasteiger partial charge >= 0.3 is 0 Å². The molecule has 2 saturated heterocycles. The average molecular weight is 357 g/mol. The van der Waals surface area contributed by atoms with Crippen LogP contribution in [0.5, 0.6) is 0 Å². The summed E-state index contributed by atoms with van der Waals surface area (Å²) < 4.78 is 0. The lowest BCUT2D eigenvalue weighted by Gasteiger charge is -2.44. The van der Waals surface area contributed by atoms with E-state index in [1.807, 2.05) is 11.0 Å². The third-order valence-electron chi connectivity index (χ3n) is 5.97. The van der Waals surface area contributed by atoms with Crippen LogP contribution in [-0.4, -0.2) is 60.9 Å². The standard InChI is InChI=1S/C21H31N3O2/c1-17(25)22-19-8-12-24(13-9-19)20(26)21(10-14-23(2)15-11-21)16-18-6-4-3-5-7-18/h3-7,19H,8-16H2,1-2H3,(H,22,25). The van der Waals surface area contributed by atoms with Crippen LogP contribution in [0.2, 0.25) is 0 Å². The van der Waals surface area contributed by atoms with Gasteiger partial charge in [-0.25, -0.2) is 0 Å². The van der Waals surface area contributed by atoms with Gasteiger partial charge in [-0.3, -0.25) is 9.59 Å². The molecule has 0 radical (unpaired) electrons. The Hall–Kier alpha value is -1.88.